The third kappa shape index (κ3) is 2.56. The summed E-state index contributed by atoms with van der Waals surface area (Å²) in [5.41, 5.74) is -0.263. The number of hydrogen-bond acceptors (Lipinski definition) is 3. The number of nitriles is 1. The predicted octanol–water partition coefficient (Wildman–Crippen LogP) is 1.75. The molecule has 2 aliphatic rings. The van der Waals surface area contributed by atoms with Gasteiger partial charge in [0.1, 0.15) is 5.54 Å². The summed E-state index contributed by atoms with van der Waals surface area (Å²) in [7, 11) is 4.15. The molecule has 0 aromatic heterocycles. The summed E-state index contributed by atoms with van der Waals surface area (Å²) < 4.78 is 0. The Kier molecular flexibility index (Phi) is 3.51. The van der Waals surface area contributed by atoms with Gasteiger partial charge in [-0.2, -0.15) is 5.26 Å². The quantitative estimate of drug-likeness (QED) is 0.786. The highest BCUT2D eigenvalue weighted by Gasteiger charge is 2.37. The third-order valence-electron chi connectivity index (χ3n) is 4.28. The van der Waals surface area contributed by atoms with Crippen LogP contribution in [0.1, 0.15) is 38.5 Å². The van der Waals surface area contributed by atoms with E-state index >= 15 is 0 Å². The summed E-state index contributed by atoms with van der Waals surface area (Å²) in [5.74, 6) is 0.943. The van der Waals surface area contributed by atoms with E-state index in [4.69, 9.17) is 0 Å². The van der Waals surface area contributed by atoms with Crippen LogP contribution in [0.4, 0.5) is 0 Å². The molecule has 2 aliphatic carbocycles. The summed E-state index contributed by atoms with van der Waals surface area (Å²) >= 11 is 0. The van der Waals surface area contributed by atoms with Crippen molar-refractivity contribution in [3.8, 4) is 6.07 Å². The number of nitrogens with one attached hydrogen (secondary N) is 1. The number of nitrogens with zero attached hydrogens (tertiary/aromatic N) is 2. The molecule has 2 unspecified atom stereocenters. The van der Waals surface area contributed by atoms with Crippen molar-refractivity contribution in [1.29, 1.82) is 5.26 Å². The second-order valence-corrected chi connectivity index (χ2v) is 5.58. The van der Waals surface area contributed by atoms with Crippen molar-refractivity contribution in [1.82, 2.24) is 10.2 Å². The molecule has 1 N–H and O–H groups in total. The van der Waals surface area contributed by atoms with Crippen molar-refractivity contribution in [2.75, 3.05) is 20.6 Å². The Hall–Kier alpha value is -0.590. The van der Waals surface area contributed by atoms with Crippen LogP contribution in [0.25, 0.3) is 0 Å². The summed E-state index contributed by atoms with van der Waals surface area (Å²) in [6, 6.07) is 3.08. The fourth-order valence-electron chi connectivity index (χ4n) is 2.86. The van der Waals surface area contributed by atoms with Gasteiger partial charge in [-0.3, -0.25) is 0 Å². The standard InChI is InChI=1S/C13H23N3/c1-15-13(10-14)7-3-4-12(8-13)16(2)9-11-5-6-11/h11-12,15H,3-9H2,1-2H3. The molecule has 0 aromatic carbocycles. The van der Waals surface area contributed by atoms with E-state index in [0.29, 0.717) is 6.04 Å². The molecule has 0 radical (unpaired) electrons. The van der Waals surface area contributed by atoms with E-state index < -0.39 is 0 Å². The van der Waals surface area contributed by atoms with Crippen LogP contribution >= 0.6 is 0 Å². The van der Waals surface area contributed by atoms with E-state index in [1.54, 1.807) is 0 Å². The lowest BCUT2D eigenvalue weighted by atomic mass is 9.79. The summed E-state index contributed by atoms with van der Waals surface area (Å²) in [6.07, 6.45) is 7.25. The highest BCUT2D eigenvalue weighted by molar-refractivity contribution is 5.10. The molecule has 3 nitrogen and oxygen atoms in total. The van der Waals surface area contributed by atoms with Gasteiger partial charge in [0.05, 0.1) is 6.07 Å². The molecule has 0 aromatic rings. The van der Waals surface area contributed by atoms with Crippen LogP contribution < -0.4 is 5.32 Å². The van der Waals surface area contributed by atoms with E-state index in [1.165, 1.54) is 32.2 Å². The first-order chi connectivity index (χ1) is 7.69. The van der Waals surface area contributed by atoms with Crippen molar-refractivity contribution >= 4 is 0 Å². The van der Waals surface area contributed by atoms with Crippen LogP contribution in [0.5, 0.6) is 0 Å². The van der Waals surface area contributed by atoms with E-state index in [9.17, 15) is 5.26 Å². The lowest BCUT2D eigenvalue weighted by molar-refractivity contribution is 0.144. The normalized spacial score (nSPS) is 35.0. The molecule has 90 valence electrons. The molecule has 2 fully saturated rings. The van der Waals surface area contributed by atoms with Crippen molar-refractivity contribution in [2.45, 2.75) is 50.1 Å². The highest BCUT2D eigenvalue weighted by atomic mass is 15.1. The Morgan fingerprint density at radius 1 is 1.44 bits per heavy atom. The fourth-order valence-corrected chi connectivity index (χ4v) is 2.86. The van der Waals surface area contributed by atoms with Gasteiger partial charge in [0, 0.05) is 12.6 Å². The largest absolute Gasteiger partial charge is 0.303 e. The summed E-state index contributed by atoms with van der Waals surface area (Å²) in [4.78, 5) is 2.49. The average Bonchev–Trinajstić information content (AvgIpc) is 3.13. The van der Waals surface area contributed by atoms with E-state index in [2.05, 4.69) is 23.3 Å². The van der Waals surface area contributed by atoms with Crippen molar-refractivity contribution in [3.63, 3.8) is 0 Å². The highest BCUT2D eigenvalue weighted by Crippen LogP contribution is 2.34. The van der Waals surface area contributed by atoms with Gasteiger partial charge < -0.3 is 10.2 Å². The van der Waals surface area contributed by atoms with Crippen LogP contribution in [0.15, 0.2) is 0 Å². The Morgan fingerprint density at radius 3 is 2.75 bits per heavy atom. The van der Waals surface area contributed by atoms with E-state index in [1.807, 2.05) is 7.05 Å². The van der Waals surface area contributed by atoms with Gasteiger partial charge >= 0.3 is 0 Å². The predicted molar refractivity (Wildman–Crippen MR) is 65.0 cm³/mol. The zero-order valence-electron chi connectivity index (χ0n) is 10.5. The molecule has 0 saturated heterocycles. The van der Waals surface area contributed by atoms with Crippen LogP contribution in [0.2, 0.25) is 0 Å². The molecule has 16 heavy (non-hydrogen) atoms. The Labute approximate surface area is 98.8 Å². The minimum Gasteiger partial charge on any atom is -0.303 e. The fraction of sp³-hybridized carbons (Fsp3) is 0.923. The Balaban J connectivity index is 1.92. The van der Waals surface area contributed by atoms with Crippen LogP contribution in [-0.4, -0.2) is 37.1 Å². The van der Waals surface area contributed by atoms with Gasteiger partial charge in [0.2, 0.25) is 0 Å². The average molecular weight is 221 g/mol. The Morgan fingerprint density at radius 2 is 2.19 bits per heavy atom. The summed E-state index contributed by atoms with van der Waals surface area (Å²) in [5, 5.41) is 12.5. The van der Waals surface area contributed by atoms with E-state index in [-0.39, 0.29) is 5.54 Å². The van der Waals surface area contributed by atoms with Crippen LogP contribution in [-0.2, 0) is 0 Å². The lowest BCUT2D eigenvalue weighted by Gasteiger charge is -2.39. The van der Waals surface area contributed by atoms with Crippen molar-refractivity contribution in [2.24, 2.45) is 5.92 Å². The molecule has 2 atom stereocenters. The van der Waals surface area contributed by atoms with Gasteiger partial charge in [0.15, 0.2) is 0 Å². The molecule has 0 heterocycles. The molecule has 3 heteroatoms. The maximum absolute atomic E-state index is 9.30. The molecular formula is C13H23N3. The zero-order chi connectivity index (χ0) is 11.6. The second-order valence-electron chi connectivity index (χ2n) is 5.58. The molecule has 0 bridgehead atoms. The monoisotopic (exact) mass is 221 g/mol. The van der Waals surface area contributed by atoms with Gasteiger partial charge in [-0.05, 0) is 58.5 Å². The first kappa shape index (κ1) is 11.9. The minimum atomic E-state index is -0.263. The van der Waals surface area contributed by atoms with Gasteiger partial charge in [0.25, 0.3) is 0 Å². The van der Waals surface area contributed by atoms with Crippen LogP contribution in [0.3, 0.4) is 0 Å². The lowest BCUT2D eigenvalue weighted by Crippen LogP contribution is -2.51. The van der Waals surface area contributed by atoms with Gasteiger partial charge in [-0.15, -0.1) is 0 Å². The number of hydrogen-bond donors (Lipinski definition) is 1. The van der Waals surface area contributed by atoms with Gasteiger partial charge in [-0.1, -0.05) is 0 Å². The topological polar surface area (TPSA) is 39.1 Å². The van der Waals surface area contributed by atoms with Crippen molar-refractivity contribution in [3.05, 3.63) is 0 Å². The molecule has 0 aliphatic heterocycles. The Bertz CT molecular complexity index is 279. The number of rotatable bonds is 4. The summed E-state index contributed by atoms with van der Waals surface area (Å²) in [6.45, 7) is 1.23. The van der Waals surface area contributed by atoms with Crippen molar-refractivity contribution < 1.29 is 0 Å². The molecule has 0 spiro atoms. The molecule has 2 rings (SSSR count). The smallest absolute Gasteiger partial charge is 0.108 e. The SMILES string of the molecule is CNC1(C#N)CCCC(N(C)CC2CC2)C1. The molecular weight excluding hydrogens is 198 g/mol. The van der Waals surface area contributed by atoms with E-state index in [0.717, 1.165) is 18.8 Å². The maximum Gasteiger partial charge on any atom is 0.108 e. The third-order valence-corrected chi connectivity index (χ3v) is 4.28. The first-order valence-electron chi connectivity index (χ1n) is 6.49. The maximum atomic E-state index is 9.30. The molecule has 0 amide bonds. The first-order valence-corrected chi connectivity index (χ1v) is 6.49. The van der Waals surface area contributed by atoms with Crippen LogP contribution in [0, 0.1) is 17.2 Å². The second kappa shape index (κ2) is 4.73. The minimum absolute atomic E-state index is 0.263. The zero-order valence-corrected chi connectivity index (χ0v) is 10.5. The molecule has 2 saturated carbocycles. The van der Waals surface area contributed by atoms with Gasteiger partial charge in [-0.25, -0.2) is 0 Å².